The summed E-state index contributed by atoms with van der Waals surface area (Å²) in [5.41, 5.74) is 3.53. The van der Waals surface area contributed by atoms with Crippen molar-refractivity contribution in [1.29, 1.82) is 5.26 Å². The number of nitrogens with zero attached hydrogens (tertiary/aromatic N) is 4. The van der Waals surface area contributed by atoms with Crippen molar-refractivity contribution in [1.82, 2.24) is 14.6 Å². The number of ether oxygens (including phenoxy) is 1. The highest BCUT2D eigenvalue weighted by Crippen LogP contribution is 2.23. The van der Waals surface area contributed by atoms with Crippen LogP contribution in [0.25, 0.3) is 16.9 Å². The molecule has 0 bridgehead atoms. The highest BCUT2D eigenvalue weighted by molar-refractivity contribution is 6.60. The molecule has 9 heteroatoms. The van der Waals surface area contributed by atoms with Crippen LogP contribution in [0.3, 0.4) is 0 Å². The summed E-state index contributed by atoms with van der Waals surface area (Å²) in [5, 5.41) is 35.6. The van der Waals surface area contributed by atoms with E-state index >= 15 is 0 Å². The molecule has 1 fully saturated rings. The summed E-state index contributed by atoms with van der Waals surface area (Å²) >= 11 is 0. The van der Waals surface area contributed by atoms with Gasteiger partial charge in [0.1, 0.15) is 6.07 Å². The average molecular weight is 335 g/mol. The van der Waals surface area contributed by atoms with Gasteiger partial charge in [-0.05, 0) is 24.3 Å². The molecular weight excluding hydrogens is 321 g/mol. The van der Waals surface area contributed by atoms with Gasteiger partial charge in [0.05, 0.1) is 47.9 Å². The highest BCUT2D eigenvalue weighted by Gasteiger charge is 2.24. The van der Waals surface area contributed by atoms with Gasteiger partial charge in [-0.1, -0.05) is 0 Å². The lowest BCUT2D eigenvalue weighted by Gasteiger charge is -2.29. The Morgan fingerprint density at radius 2 is 2.12 bits per heavy atom. The van der Waals surface area contributed by atoms with Gasteiger partial charge >= 0.3 is 7.12 Å². The number of aromatic nitrogens is 3. The number of nitrogens with one attached hydrogen (secondary N) is 1. The van der Waals surface area contributed by atoms with Crippen molar-refractivity contribution in [3.8, 4) is 17.5 Å². The van der Waals surface area contributed by atoms with Crippen molar-refractivity contribution < 1.29 is 14.8 Å². The number of anilines is 1. The Bertz CT molecular complexity index is 978. The van der Waals surface area contributed by atoms with Gasteiger partial charge in [-0.25, -0.2) is 4.52 Å². The molecule has 3 aromatic rings. The summed E-state index contributed by atoms with van der Waals surface area (Å²) in [6.45, 7) is 1.15. The first kappa shape index (κ1) is 15.6. The third-order valence-electron chi connectivity index (χ3n) is 4.10. The van der Waals surface area contributed by atoms with Crippen molar-refractivity contribution in [2.75, 3.05) is 18.5 Å². The molecule has 0 aromatic carbocycles. The van der Waals surface area contributed by atoms with Crippen LogP contribution in [0, 0.1) is 11.3 Å². The molecule has 1 aliphatic heterocycles. The second-order valence-corrected chi connectivity index (χ2v) is 5.82. The van der Waals surface area contributed by atoms with E-state index in [-0.39, 0.29) is 6.04 Å². The first-order valence-corrected chi connectivity index (χ1v) is 7.74. The Morgan fingerprint density at radius 3 is 2.80 bits per heavy atom. The quantitative estimate of drug-likeness (QED) is 0.564. The maximum Gasteiger partial charge on any atom is 0.492 e. The lowest BCUT2D eigenvalue weighted by molar-refractivity contribution is 0.0211. The molecular formula is C16H14BN5O3. The second kappa shape index (κ2) is 6.18. The third-order valence-corrected chi connectivity index (χ3v) is 4.10. The molecule has 25 heavy (non-hydrogen) atoms. The summed E-state index contributed by atoms with van der Waals surface area (Å²) in [4.78, 5) is 4.33. The number of rotatable bonds is 4. The molecule has 3 aromatic heterocycles. The summed E-state index contributed by atoms with van der Waals surface area (Å²) in [5.74, 6) is 0. The summed E-state index contributed by atoms with van der Waals surface area (Å²) in [7, 11) is -1.62. The molecule has 1 aliphatic rings. The Morgan fingerprint density at radius 1 is 1.28 bits per heavy atom. The first-order chi connectivity index (χ1) is 12.2. The molecule has 0 unspecified atom stereocenters. The molecule has 0 spiro atoms. The fourth-order valence-electron chi connectivity index (χ4n) is 2.73. The van der Waals surface area contributed by atoms with E-state index in [2.05, 4.69) is 21.5 Å². The van der Waals surface area contributed by atoms with Crippen LogP contribution in [-0.2, 0) is 4.74 Å². The predicted molar refractivity (Wildman–Crippen MR) is 91.2 cm³/mol. The Kier molecular flexibility index (Phi) is 3.85. The van der Waals surface area contributed by atoms with Crippen molar-refractivity contribution in [2.45, 2.75) is 6.04 Å². The molecule has 1 saturated heterocycles. The first-order valence-electron chi connectivity index (χ1n) is 7.74. The van der Waals surface area contributed by atoms with Gasteiger partial charge in [-0.15, -0.1) is 0 Å². The Hall–Kier alpha value is -2.93. The van der Waals surface area contributed by atoms with Gasteiger partial charge in [0.15, 0.2) is 0 Å². The second-order valence-electron chi connectivity index (χ2n) is 5.82. The van der Waals surface area contributed by atoms with E-state index in [0.29, 0.717) is 35.6 Å². The minimum atomic E-state index is -1.62. The molecule has 124 valence electrons. The highest BCUT2D eigenvalue weighted by atomic mass is 16.5. The zero-order chi connectivity index (χ0) is 17.4. The van der Waals surface area contributed by atoms with Crippen molar-refractivity contribution >= 4 is 23.8 Å². The number of pyridine rings is 1. The normalized spacial score (nSPS) is 14.1. The lowest BCUT2D eigenvalue weighted by Crippen LogP contribution is -2.43. The van der Waals surface area contributed by atoms with E-state index in [1.54, 1.807) is 16.6 Å². The van der Waals surface area contributed by atoms with Gasteiger partial charge in [-0.3, -0.25) is 4.98 Å². The van der Waals surface area contributed by atoms with Gasteiger partial charge < -0.3 is 20.1 Å². The van der Waals surface area contributed by atoms with Crippen LogP contribution in [0.4, 0.5) is 5.69 Å². The summed E-state index contributed by atoms with van der Waals surface area (Å²) in [6.07, 6.45) is 2.93. The van der Waals surface area contributed by atoms with Crippen LogP contribution in [0.5, 0.6) is 0 Å². The van der Waals surface area contributed by atoms with Crippen LogP contribution < -0.4 is 10.8 Å². The Labute approximate surface area is 143 Å². The van der Waals surface area contributed by atoms with E-state index in [9.17, 15) is 10.0 Å². The maximum atomic E-state index is 9.56. The van der Waals surface area contributed by atoms with Crippen LogP contribution in [0.2, 0.25) is 0 Å². The number of fused-ring (bicyclic) bond motifs is 1. The van der Waals surface area contributed by atoms with Crippen LogP contribution in [0.1, 0.15) is 5.56 Å². The number of nitriles is 1. The monoisotopic (exact) mass is 335 g/mol. The average Bonchev–Trinajstić information content (AvgIpc) is 3.00. The van der Waals surface area contributed by atoms with E-state index in [1.807, 2.05) is 12.1 Å². The van der Waals surface area contributed by atoms with E-state index in [1.165, 1.54) is 12.4 Å². The summed E-state index contributed by atoms with van der Waals surface area (Å²) < 4.78 is 6.83. The number of hydrogen-bond acceptors (Lipinski definition) is 7. The van der Waals surface area contributed by atoms with Gasteiger partial charge in [0.25, 0.3) is 0 Å². The fourth-order valence-corrected chi connectivity index (χ4v) is 2.73. The Balaban J connectivity index is 1.77. The molecule has 3 N–H and O–H groups in total. The van der Waals surface area contributed by atoms with Gasteiger partial charge in [0.2, 0.25) is 0 Å². The van der Waals surface area contributed by atoms with Crippen molar-refractivity contribution in [3.63, 3.8) is 0 Å². The molecule has 0 atom stereocenters. The smallest absolute Gasteiger partial charge is 0.423 e. The molecule has 8 nitrogen and oxygen atoms in total. The van der Waals surface area contributed by atoms with Crippen LogP contribution >= 0.6 is 0 Å². The molecule has 0 saturated carbocycles. The standard InChI is InChI=1S/C16H14BN5O3/c18-5-10-3-12-1-2-16(22(12)20-6-10)15-4-14(21-11-8-25-9-11)13(7-19-15)17(23)24/h1-4,6-7,11,23-24H,8-9H2,(H,19,21). The topological polar surface area (TPSA) is 116 Å². The third kappa shape index (κ3) is 2.83. The molecule has 0 aliphatic carbocycles. The summed E-state index contributed by atoms with van der Waals surface area (Å²) in [6, 6.07) is 9.41. The van der Waals surface area contributed by atoms with Crippen molar-refractivity contribution in [2.24, 2.45) is 0 Å². The molecule has 0 radical (unpaired) electrons. The fraction of sp³-hybridized carbons (Fsp3) is 0.188. The van der Waals surface area contributed by atoms with Crippen molar-refractivity contribution in [3.05, 3.63) is 42.2 Å². The zero-order valence-electron chi connectivity index (χ0n) is 13.1. The maximum absolute atomic E-state index is 9.56. The van der Waals surface area contributed by atoms with E-state index in [0.717, 1.165) is 11.2 Å². The van der Waals surface area contributed by atoms with E-state index < -0.39 is 7.12 Å². The largest absolute Gasteiger partial charge is 0.492 e. The zero-order valence-corrected chi connectivity index (χ0v) is 13.1. The van der Waals surface area contributed by atoms with Gasteiger partial charge in [0, 0.05) is 17.3 Å². The number of hydrogen-bond donors (Lipinski definition) is 3. The minimum absolute atomic E-state index is 0.133. The predicted octanol–water partition coefficient (Wildman–Crippen LogP) is -0.242. The molecule has 0 amide bonds. The lowest BCUT2D eigenvalue weighted by atomic mass is 9.80. The molecule has 4 rings (SSSR count). The van der Waals surface area contributed by atoms with Gasteiger partial charge in [-0.2, -0.15) is 10.4 Å². The SMILES string of the molecule is N#Cc1cnn2c(-c3cc(NC4COC4)c(B(O)O)cn3)ccc2c1. The van der Waals surface area contributed by atoms with Crippen LogP contribution in [-0.4, -0.2) is 51.0 Å². The minimum Gasteiger partial charge on any atom is -0.423 e. The molecule has 4 heterocycles. The van der Waals surface area contributed by atoms with Crippen LogP contribution in [0.15, 0.2) is 36.7 Å². The van der Waals surface area contributed by atoms with E-state index in [4.69, 9.17) is 10.00 Å².